The summed E-state index contributed by atoms with van der Waals surface area (Å²) in [5.74, 6) is 0.0848. The van der Waals surface area contributed by atoms with E-state index in [1.54, 1.807) is 4.90 Å². The smallest absolute Gasteiger partial charge is 0.410 e. The van der Waals surface area contributed by atoms with Gasteiger partial charge in [0, 0.05) is 25.7 Å². The number of rotatable bonds is 7. The lowest BCUT2D eigenvalue weighted by atomic mass is 9.97. The van der Waals surface area contributed by atoms with Crippen LogP contribution in [0.15, 0.2) is 30.3 Å². The quantitative estimate of drug-likeness (QED) is 0.795. The van der Waals surface area contributed by atoms with Gasteiger partial charge in [-0.3, -0.25) is 4.79 Å². The summed E-state index contributed by atoms with van der Waals surface area (Å²) in [6.45, 7) is 7.84. The summed E-state index contributed by atoms with van der Waals surface area (Å²) in [5, 5.41) is 0. The molecule has 1 aromatic carbocycles. The van der Waals surface area contributed by atoms with Crippen molar-refractivity contribution >= 4 is 12.0 Å². The first-order valence-electron chi connectivity index (χ1n) is 9.95. The maximum Gasteiger partial charge on any atom is 0.410 e. The third-order valence-electron chi connectivity index (χ3n) is 5.19. The van der Waals surface area contributed by atoms with Gasteiger partial charge in [0.2, 0.25) is 5.91 Å². The Bertz CT molecular complexity index is 606. The van der Waals surface area contributed by atoms with E-state index in [1.165, 1.54) is 0 Å². The molecule has 2 rings (SSSR count). The molecule has 2 N–H and O–H groups in total. The Balaban J connectivity index is 1.97. The van der Waals surface area contributed by atoms with Crippen LogP contribution in [0.25, 0.3) is 0 Å². The van der Waals surface area contributed by atoms with Gasteiger partial charge < -0.3 is 20.3 Å². The second kappa shape index (κ2) is 10.3. The van der Waals surface area contributed by atoms with Gasteiger partial charge >= 0.3 is 6.09 Å². The van der Waals surface area contributed by atoms with Gasteiger partial charge in [-0.15, -0.1) is 0 Å². The van der Waals surface area contributed by atoms with Crippen LogP contribution in [0.1, 0.15) is 45.6 Å². The van der Waals surface area contributed by atoms with Crippen molar-refractivity contribution in [3.63, 3.8) is 0 Å². The average Bonchev–Trinajstić information content (AvgIpc) is 2.70. The Labute approximate surface area is 162 Å². The molecule has 2 atom stereocenters. The van der Waals surface area contributed by atoms with Crippen molar-refractivity contribution in [3.05, 3.63) is 35.9 Å². The monoisotopic (exact) mass is 375 g/mol. The molecule has 0 aromatic heterocycles. The molecule has 1 aliphatic rings. The predicted molar refractivity (Wildman–Crippen MR) is 106 cm³/mol. The molecule has 1 saturated heterocycles. The van der Waals surface area contributed by atoms with Gasteiger partial charge in [-0.05, 0) is 37.7 Å². The number of nitrogens with zero attached hydrogens (tertiary/aromatic N) is 2. The molecule has 0 spiro atoms. The number of piperidine rings is 1. The van der Waals surface area contributed by atoms with Gasteiger partial charge in [0.25, 0.3) is 0 Å². The fraction of sp³-hybridized carbons (Fsp3) is 0.619. The zero-order valence-corrected chi connectivity index (χ0v) is 16.8. The molecule has 1 aromatic rings. The van der Waals surface area contributed by atoms with Crippen molar-refractivity contribution in [1.82, 2.24) is 9.80 Å². The number of benzene rings is 1. The molecule has 1 fully saturated rings. The van der Waals surface area contributed by atoms with Crippen LogP contribution in [-0.2, 0) is 16.1 Å². The largest absolute Gasteiger partial charge is 0.445 e. The molecule has 27 heavy (non-hydrogen) atoms. The lowest BCUT2D eigenvalue weighted by Crippen LogP contribution is -2.55. The van der Waals surface area contributed by atoms with E-state index in [-0.39, 0.29) is 30.6 Å². The Kier molecular flexibility index (Phi) is 8.10. The first-order chi connectivity index (χ1) is 12.9. The van der Waals surface area contributed by atoms with Gasteiger partial charge in [0.15, 0.2) is 0 Å². The molecule has 0 radical (unpaired) electrons. The van der Waals surface area contributed by atoms with Gasteiger partial charge in [-0.2, -0.15) is 0 Å². The van der Waals surface area contributed by atoms with Crippen molar-refractivity contribution in [3.8, 4) is 0 Å². The highest BCUT2D eigenvalue weighted by Gasteiger charge is 2.33. The van der Waals surface area contributed by atoms with E-state index in [1.807, 2.05) is 56.0 Å². The maximum absolute atomic E-state index is 12.8. The van der Waals surface area contributed by atoms with Gasteiger partial charge in [0.05, 0.1) is 6.04 Å². The lowest BCUT2D eigenvalue weighted by molar-refractivity contribution is -0.137. The van der Waals surface area contributed by atoms with E-state index in [0.717, 1.165) is 24.8 Å². The third-order valence-corrected chi connectivity index (χ3v) is 5.19. The molecule has 1 aliphatic heterocycles. The number of nitrogens with two attached hydrogens (primary N) is 1. The highest BCUT2D eigenvalue weighted by Crippen LogP contribution is 2.20. The van der Waals surface area contributed by atoms with Crippen LogP contribution in [-0.4, -0.2) is 53.5 Å². The first-order valence-corrected chi connectivity index (χ1v) is 9.95. The van der Waals surface area contributed by atoms with Crippen LogP contribution in [0.5, 0.6) is 0 Å². The molecule has 1 heterocycles. The topological polar surface area (TPSA) is 75.9 Å². The normalized spacial score (nSPS) is 18.3. The standard InChI is InChI=1S/C21H33N3O3/c1-4-23(21(26)27-15-17-10-6-5-7-11-17)14-18-12-8-9-13-24(18)20(25)19(22)16(2)3/h5-7,10-11,16,18-19H,4,8-9,12-15,22H2,1-3H3. The average molecular weight is 376 g/mol. The number of likely N-dealkylation sites (N-methyl/N-ethyl adjacent to an activating group) is 1. The molecule has 0 saturated carbocycles. The second-order valence-corrected chi connectivity index (χ2v) is 7.53. The summed E-state index contributed by atoms with van der Waals surface area (Å²) in [4.78, 5) is 28.8. The van der Waals surface area contributed by atoms with Crippen molar-refractivity contribution in [2.24, 2.45) is 11.7 Å². The van der Waals surface area contributed by atoms with E-state index in [2.05, 4.69) is 0 Å². The van der Waals surface area contributed by atoms with E-state index in [9.17, 15) is 9.59 Å². The Morgan fingerprint density at radius 3 is 2.59 bits per heavy atom. The van der Waals surface area contributed by atoms with E-state index >= 15 is 0 Å². The fourth-order valence-electron chi connectivity index (χ4n) is 3.35. The second-order valence-electron chi connectivity index (χ2n) is 7.53. The highest BCUT2D eigenvalue weighted by molar-refractivity contribution is 5.82. The molecule has 6 heteroatoms. The van der Waals surface area contributed by atoms with E-state index < -0.39 is 6.04 Å². The van der Waals surface area contributed by atoms with Gasteiger partial charge in [-0.25, -0.2) is 4.79 Å². The summed E-state index contributed by atoms with van der Waals surface area (Å²) >= 11 is 0. The van der Waals surface area contributed by atoms with Crippen molar-refractivity contribution < 1.29 is 14.3 Å². The van der Waals surface area contributed by atoms with E-state index in [4.69, 9.17) is 10.5 Å². The first kappa shape index (κ1) is 21.2. The minimum absolute atomic E-state index is 0.000255. The molecular formula is C21H33N3O3. The van der Waals surface area contributed by atoms with Crippen LogP contribution < -0.4 is 5.73 Å². The Morgan fingerprint density at radius 1 is 1.26 bits per heavy atom. The predicted octanol–water partition coefficient (Wildman–Crippen LogP) is 3.01. The van der Waals surface area contributed by atoms with Crippen molar-refractivity contribution in [2.75, 3.05) is 19.6 Å². The zero-order chi connectivity index (χ0) is 19.8. The number of ether oxygens (including phenoxy) is 1. The summed E-state index contributed by atoms with van der Waals surface area (Å²) in [6.07, 6.45) is 2.59. The molecule has 150 valence electrons. The third kappa shape index (κ3) is 5.96. The SMILES string of the molecule is CCN(CC1CCCCN1C(=O)C(N)C(C)C)C(=O)OCc1ccccc1. The van der Waals surface area contributed by atoms with Crippen LogP contribution in [0.4, 0.5) is 4.79 Å². The summed E-state index contributed by atoms with van der Waals surface area (Å²) in [7, 11) is 0. The van der Waals surface area contributed by atoms with Crippen LogP contribution >= 0.6 is 0 Å². The highest BCUT2D eigenvalue weighted by atomic mass is 16.6. The molecule has 0 bridgehead atoms. The summed E-state index contributed by atoms with van der Waals surface area (Å²) in [5.41, 5.74) is 7.05. The minimum atomic E-state index is -0.495. The number of likely N-dealkylation sites (tertiary alicyclic amines) is 1. The number of hydrogen-bond acceptors (Lipinski definition) is 4. The van der Waals surface area contributed by atoms with Crippen molar-refractivity contribution in [2.45, 2.75) is 58.7 Å². The lowest BCUT2D eigenvalue weighted by Gasteiger charge is -2.40. The molecule has 2 unspecified atom stereocenters. The van der Waals surface area contributed by atoms with Gasteiger partial charge in [-0.1, -0.05) is 44.2 Å². The van der Waals surface area contributed by atoms with Crippen molar-refractivity contribution in [1.29, 1.82) is 0 Å². The molecular weight excluding hydrogens is 342 g/mol. The number of hydrogen-bond donors (Lipinski definition) is 1. The summed E-state index contributed by atoms with van der Waals surface area (Å²) < 4.78 is 5.46. The number of carbonyl (C=O) groups excluding carboxylic acids is 2. The summed E-state index contributed by atoms with van der Waals surface area (Å²) in [6, 6.07) is 9.14. The fourth-order valence-corrected chi connectivity index (χ4v) is 3.35. The van der Waals surface area contributed by atoms with Crippen LogP contribution in [0.2, 0.25) is 0 Å². The Hall–Kier alpha value is -2.08. The minimum Gasteiger partial charge on any atom is -0.445 e. The molecule has 2 amide bonds. The molecule has 6 nitrogen and oxygen atoms in total. The number of amides is 2. The maximum atomic E-state index is 12.8. The number of carbonyl (C=O) groups is 2. The van der Waals surface area contributed by atoms with E-state index in [0.29, 0.717) is 19.6 Å². The van der Waals surface area contributed by atoms with Crippen LogP contribution in [0.3, 0.4) is 0 Å². The van der Waals surface area contributed by atoms with Crippen LogP contribution in [0, 0.1) is 5.92 Å². The molecule has 0 aliphatic carbocycles. The zero-order valence-electron chi connectivity index (χ0n) is 16.8. The Morgan fingerprint density at radius 2 is 1.96 bits per heavy atom. The van der Waals surface area contributed by atoms with Gasteiger partial charge in [0.1, 0.15) is 6.61 Å².